The molecule has 142 valence electrons. The standard InChI is InChI=1S/C20H28ClN3O2/c1-3-5-6-7-8-9-10-14-18(25)24-19(22-20(23-24)26-4-2)16-12-11-13-17(21)15-16/h11-13,15H,3-10,14H2,1-2H3. The van der Waals surface area contributed by atoms with Crippen molar-refractivity contribution in [2.45, 2.75) is 65.2 Å². The van der Waals surface area contributed by atoms with Crippen LogP contribution in [-0.2, 0) is 0 Å². The van der Waals surface area contributed by atoms with Crippen LogP contribution < -0.4 is 4.74 Å². The molecule has 2 aromatic rings. The van der Waals surface area contributed by atoms with Crippen LogP contribution in [0.25, 0.3) is 11.4 Å². The Bertz CT molecular complexity index is 700. The zero-order valence-electron chi connectivity index (χ0n) is 15.7. The largest absolute Gasteiger partial charge is 0.463 e. The molecule has 26 heavy (non-hydrogen) atoms. The van der Waals surface area contributed by atoms with Crippen LogP contribution in [0.15, 0.2) is 24.3 Å². The first-order chi connectivity index (χ1) is 12.7. The van der Waals surface area contributed by atoms with Crippen molar-refractivity contribution in [1.82, 2.24) is 14.8 Å². The van der Waals surface area contributed by atoms with Gasteiger partial charge in [-0.3, -0.25) is 4.79 Å². The van der Waals surface area contributed by atoms with Crippen LogP contribution in [0.5, 0.6) is 6.01 Å². The van der Waals surface area contributed by atoms with Crippen molar-refractivity contribution in [1.29, 1.82) is 0 Å². The molecule has 5 nitrogen and oxygen atoms in total. The number of hydrogen-bond donors (Lipinski definition) is 0. The molecule has 0 atom stereocenters. The highest BCUT2D eigenvalue weighted by Gasteiger charge is 2.18. The fourth-order valence-electron chi connectivity index (χ4n) is 2.81. The number of rotatable bonds is 11. The molecule has 0 fully saturated rings. The van der Waals surface area contributed by atoms with E-state index in [0.717, 1.165) is 18.4 Å². The second-order valence-electron chi connectivity index (χ2n) is 6.34. The summed E-state index contributed by atoms with van der Waals surface area (Å²) in [7, 11) is 0. The van der Waals surface area contributed by atoms with Gasteiger partial charge in [0.1, 0.15) is 0 Å². The van der Waals surface area contributed by atoms with E-state index in [4.69, 9.17) is 16.3 Å². The smallest absolute Gasteiger partial charge is 0.336 e. The number of unbranched alkanes of at least 4 members (excludes halogenated alkanes) is 6. The topological polar surface area (TPSA) is 57.0 Å². The van der Waals surface area contributed by atoms with Crippen LogP contribution in [0.1, 0.15) is 70.0 Å². The first-order valence-electron chi connectivity index (χ1n) is 9.54. The first-order valence-corrected chi connectivity index (χ1v) is 9.92. The molecule has 1 aromatic heterocycles. The van der Waals surface area contributed by atoms with Gasteiger partial charge in [0.15, 0.2) is 5.82 Å². The Hall–Kier alpha value is -1.88. The van der Waals surface area contributed by atoms with Crippen LogP contribution in [0.3, 0.4) is 0 Å². The van der Waals surface area contributed by atoms with Crippen molar-refractivity contribution in [3.05, 3.63) is 29.3 Å². The van der Waals surface area contributed by atoms with Gasteiger partial charge in [-0.25, -0.2) is 0 Å². The minimum atomic E-state index is -0.0630. The number of carbonyl (C=O) groups excluding carboxylic acids is 1. The monoisotopic (exact) mass is 377 g/mol. The molecule has 6 heteroatoms. The van der Waals surface area contributed by atoms with E-state index in [1.165, 1.54) is 36.8 Å². The number of aromatic nitrogens is 3. The van der Waals surface area contributed by atoms with Crippen molar-refractivity contribution in [2.75, 3.05) is 6.61 Å². The molecule has 0 aliphatic rings. The minimum Gasteiger partial charge on any atom is -0.463 e. The molecular formula is C20H28ClN3O2. The second kappa shape index (κ2) is 11.0. The maximum Gasteiger partial charge on any atom is 0.336 e. The molecule has 0 bridgehead atoms. The molecule has 0 saturated heterocycles. The normalized spacial score (nSPS) is 10.9. The van der Waals surface area contributed by atoms with Crippen molar-refractivity contribution >= 4 is 17.5 Å². The van der Waals surface area contributed by atoms with E-state index >= 15 is 0 Å². The predicted octanol–water partition coefficient (Wildman–Crippen LogP) is 5.78. The zero-order valence-corrected chi connectivity index (χ0v) is 16.5. The van der Waals surface area contributed by atoms with Gasteiger partial charge < -0.3 is 4.74 Å². The van der Waals surface area contributed by atoms with Crippen molar-refractivity contribution in [3.8, 4) is 17.4 Å². The van der Waals surface area contributed by atoms with Crippen LogP contribution in [0, 0.1) is 0 Å². The molecule has 2 rings (SSSR count). The Balaban J connectivity index is 2.01. The van der Waals surface area contributed by atoms with E-state index in [2.05, 4.69) is 17.0 Å². The average molecular weight is 378 g/mol. The summed E-state index contributed by atoms with van der Waals surface area (Å²) in [6.07, 6.45) is 8.63. The summed E-state index contributed by atoms with van der Waals surface area (Å²) >= 11 is 6.08. The van der Waals surface area contributed by atoms with Gasteiger partial charge in [0, 0.05) is 17.0 Å². The Kier molecular flexibility index (Phi) is 8.62. The van der Waals surface area contributed by atoms with E-state index in [9.17, 15) is 4.79 Å². The van der Waals surface area contributed by atoms with Crippen molar-refractivity contribution in [3.63, 3.8) is 0 Å². The lowest BCUT2D eigenvalue weighted by Crippen LogP contribution is -2.14. The van der Waals surface area contributed by atoms with Gasteiger partial charge in [0.25, 0.3) is 0 Å². The zero-order chi connectivity index (χ0) is 18.8. The fourth-order valence-corrected chi connectivity index (χ4v) is 3.00. The quantitative estimate of drug-likeness (QED) is 0.466. The molecule has 0 spiro atoms. The van der Waals surface area contributed by atoms with Gasteiger partial charge in [-0.05, 0) is 25.5 Å². The van der Waals surface area contributed by atoms with Gasteiger partial charge >= 0.3 is 6.01 Å². The summed E-state index contributed by atoms with van der Waals surface area (Å²) in [5, 5.41) is 4.83. The number of hydrogen-bond acceptors (Lipinski definition) is 4. The Morgan fingerprint density at radius 3 is 2.54 bits per heavy atom. The summed E-state index contributed by atoms with van der Waals surface area (Å²) in [6, 6.07) is 7.48. The highest BCUT2D eigenvalue weighted by Crippen LogP contribution is 2.23. The van der Waals surface area contributed by atoms with Crippen LogP contribution >= 0.6 is 11.6 Å². The lowest BCUT2D eigenvalue weighted by Gasteiger charge is -2.05. The van der Waals surface area contributed by atoms with Gasteiger partial charge in [-0.1, -0.05) is 69.2 Å². The Morgan fingerprint density at radius 1 is 1.12 bits per heavy atom. The van der Waals surface area contributed by atoms with Crippen LogP contribution in [-0.4, -0.2) is 27.3 Å². The van der Waals surface area contributed by atoms with Gasteiger partial charge in [0.2, 0.25) is 5.91 Å². The highest BCUT2D eigenvalue weighted by atomic mass is 35.5. The van der Waals surface area contributed by atoms with Gasteiger partial charge in [0.05, 0.1) is 6.61 Å². The summed E-state index contributed by atoms with van der Waals surface area (Å²) in [4.78, 5) is 17.0. The van der Waals surface area contributed by atoms with E-state index in [1.54, 1.807) is 12.1 Å². The number of nitrogens with zero attached hydrogens (tertiary/aromatic N) is 3. The highest BCUT2D eigenvalue weighted by molar-refractivity contribution is 6.30. The minimum absolute atomic E-state index is 0.0630. The maximum atomic E-state index is 12.6. The van der Waals surface area contributed by atoms with E-state index in [0.29, 0.717) is 23.9 Å². The molecule has 1 aromatic carbocycles. The number of halogens is 1. The Labute approximate surface area is 160 Å². The fraction of sp³-hybridized carbons (Fsp3) is 0.550. The molecule has 0 amide bonds. The molecule has 0 aliphatic carbocycles. The maximum absolute atomic E-state index is 12.6. The van der Waals surface area contributed by atoms with E-state index < -0.39 is 0 Å². The molecule has 0 aliphatic heterocycles. The number of benzene rings is 1. The van der Waals surface area contributed by atoms with Crippen LogP contribution in [0.4, 0.5) is 0 Å². The number of carbonyl (C=O) groups is 1. The molecule has 0 N–H and O–H groups in total. The third-order valence-electron chi connectivity index (χ3n) is 4.17. The molecule has 0 saturated carbocycles. The van der Waals surface area contributed by atoms with Crippen LogP contribution in [0.2, 0.25) is 5.02 Å². The van der Waals surface area contributed by atoms with Crippen molar-refractivity contribution < 1.29 is 9.53 Å². The summed E-state index contributed by atoms with van der Waals surface area (Å²) in [5.41, 5.74) is 0.754. The summed E-state index contributed by atoms with van der Waals surface area (Å²) < 4.78 is 6.74. The molecule has 1 heterocycles. The average Bonchev–Trinajstić information content (AvgIpc) is 3.05. The lowest BCUT2D eigenvalue weighted by atomic mass is 10.1. The number of ether oxygens (including phenoxy) is 1. The molecular weight excluding hydrogens is 350 g/mol. The lowest BCUT2D eigenvalue weighted by molar-refractivity contribution is 0.0883. The van der Waals surface area contributed by atoms with E-state index in [1.807, 2.05) is 19.1 Å². The molecule has 0 radical (unpaired) electrons. The summed E-state index contributed by atoms with van der Waals surface area (Å²) in [6.45, 7) is 4.52. The van der Waals surface area contributed by atoms with E-state index in [-0.39, 0.29) is 11.9 Å². The molecule has 0 unspecified atom stereocenters. The Morgan fingerprint density at radius 2 is 1.85 bits per heavy atom. The van der Waals surface area contributed by atoms with Crippen molar-refractivity contribution in [2.24, 2.45) is 0 Å². The third kappa shape index (κ3) is 6.13. The second-order valence-corrected chi connectivity index (χ2v) is 6.77. The third-order valence-corrected chi connectivity index (χ3v) is 4.41. The summed E-state index contributed by atoms with van der Waals surface area (Å²) in [5.74, 6) is 0.413. The predicted molar refractivity (Wildman–Crippen MR) is 105 cm³/mol. The SMILES string of the molecule is CCCCCCCCCC(=O)n1nc(OCC)nc1-c1cccc(Cl)c1. The van der Waals surface area contributed by atoms with Gasteiger partial charge in [-0.15, -0.1) is 5.10 Å². The first kappa shape index (κ1) is 20.4. The van der Waals surface area contributed by atoms with Gasteiger partial charge in [-0.2, -0.15) is 9.67 Å².